The SMILES string of the molecule is CCSCCC(N)c1ncon1. The third kappa shape index (κ3) is 2.83. The average Bonchev–Trinajstić information content (AvgIpc) is 2.56. The molecule has 1 rings (SSSR count). The second kappa shape index (κ2) is 5.16. The van der Waals surface area contributed by atoms with Crippen LogP contribution < -0.4 is 5.73 Å². The van der Waals surface area contributed by atoms with E-state index in [4.69, 9.17) is 5.73 Å². The van der Waals surface area contributed by atoms with E-state index < -0.39 is 0 Å². The topological polar surface area (TPSA) is 64.9 Å². The highest BCUT2D eigenvalue weighted by atomic mass is 32.2. The predicted octanol–water partition coefficient (Wildman–Crippen LogP) is 1.21. The monoisotopic (exact) mass is 187 g/mol. The Morgan fingerprint density at radius 3 is 3.17 bits per heavy atom. The lowest BCUT2D eigenvalue weighted by Crippen LogP contribution is -2.12. The van der Waals surface area contributed by atoms with E-state index >= 15 is 0 Å². The van der Waals surface area contributed by atoms with Gasteiger partial charge in [-0.05, 0) is 17.9 Å². The van der Waals surface area contributed by atoms with Crippen molar-refractivity contribution in [1.29, 1.82) is 0 Å². The fraction of sp³-hybridized carbons (Fsp3) is 0.714. The highest BCUT2D eigenvalue weighted by Crippen LogP contribution is 2.12. The van der Waals surface area contributed by atoms with E-state index in [0.717, 1.165) is 17.9 Å². The third-order valence-electron chi connectivity index (χ3n) is 1.49. The third-order valence-corrected chi connectivity index (χ3v) is 2.42. The van der Waals surface area contributed by atoms with Crippen LogP contribution in [0.4, 0.5) is 0 Å². The number of hydrogen-bond donors (Lipinski definition) is 1. The number of thioether (sulfide) groups is 1. The normalized spacial score (nSPS) is 13.2. The molecule has 68 valence electrons. The summed E-state index contributed by atoms with van der Waals surface area (Å²) >= 11 is 1.87. The summed E-state index contributed by atoms with van der Waals surface area (Å²) in [5.41, 5.74) is 5.78. The van der Waals surface area contributed by atoms with Gasteiger partial charge >= 0.3 is 0 Å². The molecule has 0 bridgehead atoms. The Balaban J connectivity index is 2.25. The van der Waals surface area contributed by atoms with Crippen molar-refractivity contribution in [2.45, 2.75) is 19.4 Å². The van der Waals surface area contributed by atoms with Crippen LogP contribution in [0.15, 0.2) is 10.9 Å². The first kappa shape index (κ1) is 9.54. The van der Waals surface area contributed by atoms with E-state index in [9.17, 15) is 0 Å². The maximum atomic E-state index is 5.78. The van der Waals surface area contributed by atoms with Crippen LogP contribution in [-0.4, -0.2) is 21.6 Å². The molecule has 2 N–H and O–H groups in total. The summed E-state index contributed by atoms with van der Waals surface area (Å²) in [6.07, 6.45) is 2.21. The van der Waals surface area contributed by atoms with E-state index in [1.54, 1.807) is 0 Å². The van der Waals surface area contributed by atoms with Gasteiger partial charge in [-0.3, -0.25) is 0 Å². The van der Waals surface area contributed by atoms with Crippen LogP contribution in [-0.2, 0) is 0 Å². The average molecular weight is 187 g/mol. The summed E-state index contributed by atoms with van der Waals surface area (Å²) < 4.78 is 4.59. The Labute approximate surface area is 75.9 Å². The lowest BCUT2D eigenvalue weighted by Gasteiger charge is -2.04. The molecule has 5 heteroatoms. The molecule has 4 nitrogen and oxygen atoms in total. The van der Waals surface area contributed by atoms with Crippen LogP contribution >= 0.6 is 11.8 Å². The molecule has 1 heterocycles. The van der Waals surface area contributed by atoms with Crippen LogP contribution in [0.3, 0.4) is 0 Å². The van der Waals surface area contributed by atoms with Gasteiger partial charge in [-0.1, -0.05) is 12.1 Å². The van der Waals surface area contributed by atoms with Crippen molar-refractivity contribution in [3.05, 3.63) is 12.2 Å². The van der Waals surface area contributed by atoms with Gasteiger partial charge in [0.15, 0.2) is 5.82 Å². The zero-order chi connectivity index (χ0) is 8.81. The quantitative estimate of drug-likeness (QED) is 0.702. The number of nitrogens with two attached hydrogens (primary N) is 1. The van der Waals surface area contributed by atoms with Gasteiger partial charge in [0.2, 0.25) is 6.39 Å². The van der Waals surface area contributed by atoms with Crippen molar-refractivity contribution in [3.63, 3.8) is 0 Å². The first-order valence-corrected chi connectivity index (χ1v) is 5.09. The van der Waals surface area contributed by atoms with Gasteiger partial charge in [0, 0.05) is 0 Å². The lowest BCUT2D eigenvalue weighted by molar-refractivity contribution is 0.403. The molecular weight excluding hydrogens is 174 g/mol. The van der Waals surface area contributed by atoms with Gasteiger partial charge in [-0.2, -0.15) is 16.7 Å². The van der Waals surface area contributed by atoms with E-state index in [1.165, 1.54) is 6.39 Å². The Bertz CT molecular complexity index is 202. The smallest absolute Gasteiger partial charge is 0.213 e. The molecule has 0 aromatic carbocycles. The molecule has 0 saturated heterocycles. The fourth-order valence-electron chi connectivity index (χ4n) is 0.826. The van der Waals surface area contributed by atoms with Crippen LogP contribution in [0.25, 0.3) is 0 Å². The maximum Gasteiger partial charge on any atom is 0.213 e. The standard InChI is InChI=1S/C7H13N3OS/c1-2-12-4-3-6(8)7-9-5-11-10-7/h5-6H,2-4,8H2,1H3. The van der Waals surface area contributed by atoms with Crippen molar-refractivity contribution in [1.82, 2.24) is 10.1 Å². The van der Waals surface area contributed by atoms with E-state index in [0.29, 0.717) is 5.82 Å². The molecule has 0 radical (unpaired) electrons. The molecule has 0 aliphatic carbocycles. The van der Waals surface area contributed by atoms with Crippen LogP contribution in [0, 0.1) is 0 Å². The van der Waals surface area contributed by atoms with Crippen LogP contribution in [0.5, 0.6) is 0 Å². The summed E-state index contributed by atoms with van der Waals surface area (Å²) in [5.74, 6) is 2.78. The molecule has 12 heavy (non-hydrogen) atoms. The summed E-state index contributed by atoms with van der Waals surface area (Å²) in [6, 6.07) is -0.0807. The maximum absolute atomic E-state index is 5.78. The second-order valence-corrected chi connectivity index (χ2v) is 3.78. The first-order chi connectivity index (χ1) is 5.84. The number of nitrogens with zero attached hydrogens (tertiary/aromatic N) is 2. The molecule has 1 atom stereocenters. The van der Waals surface area contributed by atoms with E-state index in [-0.39, 0.29) is 6.04 Å². The minimum Gasteiger partial charge on any atom is -0.343 e. The zero-order valence-electron chi connectivity index (χ0n) is 7.06. The molecule has 0 aliphatic rings. The van der Waals surface area contributed by atoms with Crippen molar-refractivity contribution < 1.29 is 4.52 Å². The van der Waals surface area contributed by atoms with Gasteiger partial charge < -0.3 is 10.3 Å². The Morgan fingerprint density at radius 2 is 2.58 bits per heavy atom. The molecule has 0 aliphatic heterocycles. The summed E-state index contributed by atoms with van der Waals surface area (Å²) in [6.45, 7) is 2.13. The minimum atomic E-state index is -0.0807. The van der Waals surface area contributed by atoms with E-state index in [2.05, 4.69) is 21.6 Å². The molecule has 0 saturated carbocycles. The fourth-order valence-corrected chi connectivity index (χ4v) is 1.54. The highest BCUT2D eigenvalue weighted by molar-refractivity contribution is 7.99. The molecule has 1 aromatic heterocycles. The lowest BCUT2D eigenvalue weighted by atomic mass is 10.2. The van der Waals surface area contributed by atoms with Crippen LogP contribution in [0.1, 0.15) is 25.2 Å². The van der Waals surface area contributed by atoms with Crippen molar-refractivity contribution in [2.24, 2.45) is 5.73 Å². The van der Waals surface area contributed by atoms with Crippen molar-refractivity contribution in [3.8, 4) is 0 Å². The van der Waals surface area contributed by atoms with Crippen molar-refractivity contribution in [2.75, 3.05) is 11.5 Å². The minimum absolute atomic E-state index is 0.0807. The summed E-state index contributed by atoms with van der Waals surface area (Å²) in [5, 5.41) is 3.67. The summed E-state index contributed by atoms with van der Waals surface area (Å²) in [7, 11) is 0. The number of rotatable bonds is 5. The number of hydrogen-bond acceptors (Lipinski definition) is 5. The second-order valence-electron chi connectivity index (χ2n) is 2.38. The van der Waals surface area contributed by atoms with Gasteiger partial charge in [-0.15, -0.1) is 0 Å². The van der Waals surface area contributed by atoms with Crippen molar-refractivity contribution >= 4 is 11.8 Å². The summed E-state index contributed by atoms with van der Waals surface area (Å²) in [4.78, 5) is 3.88. The largest absolute Gasteiger partial charge is 0.343 e. The Hall–Kier alpha value is -0.550. The molecule has 1 aromatic rings. The molecule has 1 unspecified atom stereocenters. The zero-order valence-corrected chi connectivity index (χ0v) is 7.88. The van der Waals surface area contributed by atoms with Gasteiger partial charge in [0.05, 0.1) is 6.04 Å². The molecular formula is C7H13N3OS. The Kier molecular flexibility index (Phi) is 4.10. The Morgan fingerprint density at radius 1 is 1.75 bits per heavy atom. The first-order valence-electron chi connectivity index (χ1n) is 3.94. The predicted molar refractivity (Wildman–Crippen MR) is 48.8 cm³/mol. The van der Waals surface area contributed by atoms with Gasteiger partial charge in [0.1, 0.15) is 0 Å². The van der Waals surface area contributed by atoms with Gasteiger partial charge in [0.25, 0.3) is 0 Å². The van der Waals surface area contributed by atoms with Gasteiger partial charge in [-0.25, -0.2) is 0 Å². The van der Waals surface area contributed by atoms with E-state index in [1.807, 2.05) is 11.8 Å². The molecule has 0 amide bonds. The molecule has 0 spiro atoms. The number of aromatic nitrogens is 2. The molecule has 0 fully saturated rings. The highest BCUT2D eigenvalue weighted by Gasteiger charge is 2.09. The van der Waals surface area contributed by atoms with Crippen LogP contribution in [0.2, 0.25) is 0 Å².